The molecule has 1 heterocycles. The topological polar surface area (TPSA) is 145 Å². The number of nitrogens with zero attached hydrogens (tertiary/aromatic N) is 3. The Morgan fingerprint density at radius 1 is 0.833 bits per heavy atom. The quantitative estimate of drug-likeness (QED) is 0.358. The van der Waals surface area contributed by atoms with Gasteiger partial charge in [0.05, 0.1) is 19.4 Å². The molecule has 36 heavy (non-hydrogen) atoms. The second-order valence-electron chi connectivity index (χ2n) is 7.05. The molecule has 0 bridgehead atoms. The van der Waals surface area contributed by atoms with E-state index < -0.39 is 11.9 Å². The van der Waals surface area contributed by atoms with Crippen LogP contribution < -0.4 is 20.1 Å². The molecule has 11 heteroatoms. The zero-order valence-corrected chi connectivity index (χ0v) is 19.8. The van der Waals surface area contributed by atoms with Gasteiger partial charge in [0, 0.05) is 11.4 Å². The third-order valence-corrected chi connectivity index (χ3v) is 4.46. The number of nitriles is 1. The van der Waals surface area contributed by atoms with E-state index in [2.05, 4.69) is 26.7 Å². The van der Waals surface area contributed by atoms with Crippen LogP contribution in [0.2, 0.25) is 0 Å². The Hall–Kier alpha value is -4.85. The third kappa shape index (κ3) is 7.88. The number of hydrogen-bond acceptors (Lipinski definition) is 11. The molecule has 11 nitrogen and oxygen atoms in total. The van der Waals surface area contributed by atoms with Gasteiger partial charge in [-0.2, -0.15) is 10.2 Å². The number of nitrogens with one attached hydrogen (secondary N) is 2. The van der Waals surface area contributed by atoms with Crippen molar-refractivity contribution in [2.24, 2.45) is 0 Å². The summed E-state index contributed by atoms with van der Waals surface area (Å²) in [6, 6.07) is 15.7. The zero-order valence-electron chi connectivity index (χ0n) is 19.8. The lowest BCUT2D eigenvalue weighted by Gasteiger charge is -2.11. The zero-order chi connectivity index (χ0) is 25.8. The normalized spacial score (nSPS) is 10.0. The van der Waals surface area contributed by atoms with E-state index in [1.165, 1.54) is 6.20 Å². The van der Waals surface area contributed by atoms with Crippen LogP contribution in [0.25, 0.3) is 0 Å². The van der Waals surface area contributed by atoms with Crippen molar-refractivity contribution in [2.75, 3.05) is 37.1 Å². The molecule has 0 radical (unpaired) electrons. The fraction of sp³-hybridized carbons (Fsp3) is 0.240. The number of ether oxygens (including phenoxy) is 4. The Morgan fingerprint density at radius 3 is 1.81 bits per heavy atom. The smallest absolute Gasteiger partial charge is 0.344 e. The molecule has 0 amide bonds. The summed E-state index contributed by atoms with van der Waals surface area (Å²) >= 11 is 0. The molecule has 2 N–H and O–H groups in total. The van der Waals surface area contributed by atoms with E-state index in [-0.39, 0.29) is 24.7 Å². The Bertz CT molecular complexity index is 1210. The Kier molecular flexibility index (Phi) is 9.41. The maximum absolute atomic E-state index is 11.4. The van der Waals surface area contributed by atoms with Crippen LogP contribution in [0.4, 0.5) is 23.1 Å². The van der Waals surface area contributed by atoms with Crippen LogP contribution in [0, 0.1) is 11.3 Å². The molecule has 1 aromatic heterocycles. The molecule has 186 valence electrons. The van der Waals surface area contributed by atoms with Gasteiger partial charge < -0.3 is 29.6 Å². The van der Waals surface area contributed by atoms with Crippen molar-refractivity contribution in [3.63, 3.8) is 0 Å². The molecule has 3 aromatic rings. The first-order valence-electron chi connectivity index (χ1n) is 11.1. The minimum atomic E-state index is -0.446. The van der Waals surface area contributed by atoms with E-state index in [9.17, 15) is 14.9 Å². The third-order valence-electron chi connectivity index (χ3n) is 4.46. The number of esters is 2. The first-order chi connectivity index (χ1) is 17.5. The molecule has 0 spiro atoms. The van der Waals surface area contributed by atoms with Gasteiger partial charge in [-0.1, -0.05) is 0 Å². The number of anilines is 4. The van der Waals surface area contributed by atoms with E-state index in [0.717, 1.165) is 0 Å². The maximum atomic E-state index is 11.4. The summed E-state index contributed by atoms with van der Waals surface area (Å²) in [7, 11) is 0. The molecule has 0 aliphatic carbocycles. The highest BCUT2D eigenvalue weighted by Gasteiger charge is 2.10. The molecule has 3 rings (SSSR count). The van der Waals surface area contributed by atoms with Crippen LogP contribution in [0.15, 0.2) is 54.7 Å². The molecule has 0 aliphatic rings. The van der Waals surface area contributed by atoms with Gasteiger partial charge in [-0.15, -0.1) is 0 Å². The van der Waals surface area contributed by atoms with Gasteiger partial charge in [-0.25, -0.2) is 14.6 Å². The highest BCUT2D eigenvalue weighted by molar-refractivity contribution is 5.71. The highest BCUT2D eigenvalue weighted by atomic mass is 16.6. The fourth-order valence-electron chi connectivity index (χ4n) is 2.84. The molecule has 0 saturated carbocycles. The lowest BCUT2D eigenvalue weighted by atomic mass is 10.2. The van der Waals surface area contributed by atoms with Crippen LogP contribution >= 0.6 is 0 Å². The Morgan fingerprint density at radius 2 is 1.33 bits per heavy atom. The molecule has 2 aromatic carbocycles. The summed E-state index contributed by atoms with van der Waals surface area (Å²) in [5, 5.41) is 15.6. The maximum Gasteiger partial charge on any atom is 0.344 e. The summed E-state index contributed by atoms with van der Waals surface area (Å²) in [5.74, 6) is 0.693. The minimum Gasteiger partial charge on any atom is -0.482 e. The number of rotatable bonds is 12. The summed E-state index contributed by atoms with van der Waals surface area (Å²) < 4.78 is 20.4. The van der Waals surface area contributed by atoms with Gasteiger partial charge in [0.1, 0.15) is 23.1 Å². The number of benzene rings is 2. The van der Waals surface area contributed by atoms with Crippen LogP contribution in [-0.4, -0.2) is 48.3 Å². The van der Waals surface area contributed by atoms with Gasteiger partial charge in [0.25, 0.3) is 0 Å². The number of carbonyl (C=O) groups excluding carboxylic acids is 2. The van der Waals surface area contributed by atoms with Crippen molar-refractivity contribution in [3.8, 4) is 17.6 Å². The van der Waals surface area contributed by atoms with E-state index >= 15 is 0 Å². The summed E-state index contributed by atoms with van der Waals surface area (Å²) in [6.07, 6.45) is 1.41. The molecular formula is C25H25N5O6. The van der Waals surface area contributed by atoms with E-state index in [4.69, 9.17) is 18.9 Å². The van der Waals surface area contributed by atoms with E-state index in [0.29, 0.717) is 41.9 Å². The molecular weight excluding hydrogens is 466 g/mol. The van der Waals surface area contributed by atoms with E-state index in [1.807, 2.05) is 0 Å². The van der Waals surface area contributed by atoms with Crippen molar-refractivity contribution in [1.82, 2.24) is 9.97 Å². The molecule has 0 fully saturated rings. The fourth-order valence-corrected chi connectivity index (χ4v) is 2.84. The number of carbonyl (C=O) groups is 2. The van der Waals surface area contributed by atoms with Crippen molar-refractivity contribution in [1.29, 1.82) is 5.26 Å². The monoisotopic (exact) mass is 491 g/mol. The van der Waals surface area contributed by atoms with Crippen LogP contribution in [0.3, 0.4) is 0 Å². The van der Waals surface area contributed by atoms with Gasteiger partial charge in [0.2, 0.25) is 5.95 Å². The summed E-state index contributed by atoms with van der Waals surface area (Å²) in [5.41, 5.74) is 1.59. The minimum absolute atomic E-state index is 0.174. The molecule has 0 atom stereocenters. The van der Waals surface area contributed by atoms with Crippen molar-refractivity contribution in [3.05, 3.63) is 60.3 Å². The standard InChI is InChI=1S/C25H25N5O6/c1-3-33-22(31)15-35-20-9-5-18(6-10-20)28-24-17(13-26)14-27-25(30-24)29-19-7-11-21(12-8-19)36-16-23(32)34-4-2/h5-12,14H,3-4,15-16H2,1-2H3,(H2,27,28,29,30). The van der Waals surface area contributed by atoms with Crippen molar-refractivity contribution in [2.45, 2.75) is 13.8 Å². The average Bonchev–Trinajstić information content (AvgIpc) is 2.88. The van der Waals surface area contributed by atoms with Crippen molar-refractivity contribution >= 4 is 35.1 Å². The Balaban J connectivity index is 1.62. The predicted octanol–water partition coefficient (Wildman–Crippen LogP) is 3.72. The largest absolute Gasteiger partial charge is 0.482 e. The second kappa shape index (κ2) is 13.1. The predicted molar refractivity (Wildman–Crippen MR) is 130 cm³/mol. The molecule has 0 saturated heterocycles. The van der Waals surface area contributed by atoms with Crippen LogP contribution in [-0.2, 0) is 19.1 Å². The van der Waals surface area contributed by atoms with Crippen LogP contribution in [0.1, 0.15) is 19.4 Å². The highest BCUT2D eigenvalue weighted by Crippen LogP contribution is 2.24. The molecule has 0 aliphatic heterocycles. The first kappa shape index (κ1) is 25.8. The van der Waals surface area contributed by atoms with Gasteiger partial charge in [-0.3, -0.25) is 0 Å². The van der Waals surface area contributed by atoms with Crippen molar-refractivity contribution < 1.29 is 28.5 Å². The second-order valence-corrected chi connectivity index (χ2v) is 7.05. The first-order valence-corrected chi connectivity index (χ1v) is 11.1. The van der Waals surface area contributed by atoms with Gasteiger partial charge in [0.15, 0.2) is 19.0 Å². The SMILES string of the molecule is CCOC(=O)COc1ccc(Nc2ncc(C#N)c(Nc3ccc(OCC(=O)OCC)cc3)n2)cc1. The number of hydrogen-bond donors (Lipinski definition) is 2. The lowest BCUT2D eigenvalue weighted by molar-refractivity contribution is -0.146. The number of aromatic nitrogens is 2. The summed E-state index contributed by atoms with van der Waals surface area (Å²) in [6.45, 7) is 3.68. The van der Waals surface area contributed by atoms with Gasteiger partial charge >= 0.3 is 11.9 Å². The van der Waals surface area contributed by atoms with E-state index in [1.54, 1.807) is 62.4 Å². The summed E-state index contributed by atoms with van der Waals surface area (Å²) in [4.78, 5) is 31.4. The lowest BCUT2D eigenvalue weighted by Crippen LogP contribution is -2.14. The molecule has 0 unspecified atom stereocenters. The van der Waals surface area contributed by atoms with Crippen LogP contribution in [0.5, 0.6) is 11.5 Å². The average molecular weight is 492 g/mol. The Labute approximate surface area is 208 Å². The van der Waals surface area contributed by atoms with Gasteiger partial charge in [-0.05, 0) is 62.4 Å².